The molecule has 0 aliphatic carbocycles. The zero-order valence-electron chi connectivity index (χ0n) is 9.11. The van der Waals surface area contributed by atoms with E-state index in [0.717, 1.165) is 5.56 Å². The molecular formula is C11H13N3O2. The van der Waals surface area contributed by atoms with Crippen molar-refractivity contribution >= 4 is 5.82 Å². The summed E-state index contributed by atoms with van der Waals surface area (Å²) in [4.78, 5) is 0. The lowest BCUT2D eigenvalue weighted by Gasteiger charge is -2.11. The van der Waals surface area contributed by atoms with Crippen molar-refractivity contribution in [1.82, 2.24) is 10.2 Å². The molecule has 0 unspecified atom stereocenters. The molecule has 1 aromatic heterocycles. The Bertz CT molecular complexity index is 520. The predicted molar refractivity (Wildman–Crippen MR) is 61.4 cm³/mol. The Hall–Kier alpha value is -2.17. The Morgan fingerprint density at radius 1 is 1.44 bits per heavy atom. The quantitative estimate of drug-likeness (QED) is 0.717. The first-order chi connectivity index (χ1) is 7.65. The summed E-state index contributed by atoms with van der Waals surface area (Å²) in [5.74, 6) is 1.13. The van der Waals surface area contributed by atoms with Gasteiger partial charge in [0.1, 0.15) is 17.3 Å². The van der Waals surface area contributed by atoms with E-state index in [9.17, 15) is 5.11 Å². The van der Waals surface area contributed by atoms with Crippen LogP contribution in [0.1, 0.15) is 5.56 Å². The lowest BCUT2D eigenvalue weighted by atomic mass is 10.0. The average Bonchev–Trinajstić information content (AvgIpc) is 2.68. The van der Waals surface area contributed by atoms with E-state index in [2.05, 4.69) is 10.2 Å². The molecule has 16 heavy (non-hydrogen) atoms. The first kappa shape index (κ1) is 10.4. The molecule has 4 N–H and O–H groups in total. The number of phenolic OH excluding ortho intramolecular Hbond substituents is 1. The topological polar surface area (TPSA) is 84.2 Å². The van der Waals surface area contributed by atoms with Gasteiger partial charge in [0.25, 0.3) is 0 Å². The maximum atomic E-state index is 10.0. The largest absolute Gasteiger partial charge is 0.507 e. The predicted octanol–water partition coefficient (Wildman–Crippen LogP) is 1.68. The summed E-state index contributed by atoms with van der Waals surface area (Å²) in [5, 5.41) is 16.5. The molecule has 0 aliphatic heterocycles. The lowest BCUT2D eigenvalue weighted by molar-refractivity contribution is 0.409. The van der Waals surface area contributed by atoms with E-state index < -0.39 is 0 Å². The minimum Gasteiger partial charge on any atom is -0.507 e. The number of nitrogens with one attached hydrogen (secondary N) is 1. The number of H-pyrrole nitrogens is 1. The van der Waals surface area contributed by atoms with E-state index in [1.165, 1.54) is 0 Å². The fraction of sp³-hybridized carbons (Fsp3) is 0.182. The van der Waals surface area contributed by atoms with E-state index >= 15 is 0 Å². The minimum atomic E-state index is 0.160. The van der Waals surface area contributed by atoms with E-state index in [0.29, 0.717) is 22.7 Å². The molecule has 1 heterocycles. The number of aromatic amines is 1. The maximum Gasteiger partial charge on any atom is 0.130 e. The van der Waals surface area contributed by atoms with Crippen LogP contribution in [0.5, 0.6) is 11.5 Å². The highest BCUT2D eigenvalue weighted by molar-refractivity contribution is 5.83. The van der Waals surface area contributed by atoms with Crippen LogP contribution < -0.4 is 10.5 Å². The third kappa shape index (κ3) is 1.46. The van der Waals surface area contributed by atoms with Gasteiger partial charge in [-0.15, -0.1) is 0 Å². The molecule has 0 radical (unpaired) electrons. The number of benzene rings is 1. The van der Waals surface area contributed by atoms with Crippen LogP contribution in [0.4, 0.5) is 5.82 Å². The summed E-state index contributed by atoms with van der Waals surface area (Å²) in [5.41, 5.74) is 7.69. The van der Waals surface area contributed by atoms with Crippen LogP contribution >= 0.6 is 0 Å². The number of ether oxygens (including phenoxy) is 1. The second kappa shape index (κ2) is 3.77. The zero-order valence-corrected chi connectivity index (χ0v) is 9.11. The molecule has 5 nitrogen and oxygen atoms in total. The Morgan fingerprint density at radius 3 is 2.75 bits per heavy atom. The van der Waals surface area contributed by atoms with Gasteiger partial charge in [-0.2, -0.15) is 5.10 Å². The zero-order chi connectivity index (χ0) is 11.7. The number of nitrogens with zero attached hydrogens (tertiary/aromatic N) is 1. The van der Waals surface area contributed by atoms with Crippen LogP contribution in [0.3, 0.4) is 0 Å². The first-order valence-corrected chi connectivity index (χ1v) is 4.81. The number of anilines is 1. The summed E-state index contributed by atoms with van der Waals surface area (Å²) in [7, 11) is 1.55. The summed E-state index contributed by atoms with van der Waals surface area (Å²) < 4.78 is 5.20. The van der Waals surface area contributed by atoms with Crippen molar-refractivity contribution in [3.63, 3.8) is 0 Å². The molecule has 0 saturated heterocycles. The highest BCUT2D eigenvalue weighted by atomic mass is 16.5. The number of aromatic nitrogens is 2. The van der Waals surface area contributed by atoms with Gasteiger partial charge < -0.3 is 15.6 Å². The van der Waals surface area contributed by atoms with E-state index in [1.54, 1.807) is 25.4 Å². The van der Waals surface area contributed by atoms with Crippen LogP contribution in [0.25, 0.3) is 11.1 Å². The van der Waals surface area contributed by atoms with Crippen molar-refractivity contribution in [2.24, 2.45) is 0 Å². The fourth-order valence-electron chi connectivity index (χ4n) is 1.60. The van der Waals surface area contributed by atoms with Gasteiger partial charge in [0.15, 0.2) is 0 Å². The highest BCUT2D eigenvalue weighted by Crippen LogP contribution is 2.41. The van der Waals surface area contributed by atoms with Gasteiger partial charge in [0.2, 0.25) is 0 Å². The highest BCUT2D eigenvalue weighted by Gasteiger charge is 2.16. The second-order valence-electron chi connectivity index (χ2n) is 3.51. The number of nitrogens with two attached hydrogens (primary N) is 1. The number of phenols is 1. The number of nitrogen functional groups attached to an aromatic ring is 1. The van der Waals surface area contributed by atoms with Crippen molar-refractivity contribution in [3.05, 3.63) is 23.9 Å². The van der Waals surface area contributed by atoms with Crippen LogP contribution in [0.15, 0.2) is 18.3 Å². The second-order valence-corrected chi connectivity index (χ2v) is 3.51. The van der Waals surface area contributed by atoms with Gasteiger partial charge in [-0.25, -0.2) is 0 Å². The summed E-state index contributed by atoms with van der Waals surface area (Å²) in [6.07, 6.45) is 1.56. The standard InChI is InChI=1S/C11H13N3O2/c1-6-3-4-8(16-2)9(10(6)15)7-5-13-14-11(7)12/h3-5,15H,1-2H3,(H3,12,13,14). The minimum absolute atomic E-state index is 0.160. The molecule has 84 valence electrons. The molecule has 0 bridgehead atoms. The number of rotatable bonds is 2. The van der Waals surface area contributed by atoms with Gasteiger partial charge in [0.05, 0.1) is 24.4 Å². The monoisotopic (exact) mass is 219 g/mol. The summed E-state index contributed by atoms with van der Waals surface area (Å²) in [6, 6.07) is 3.57. The van der Waals surface area contributed by atoms with E-state index in [4.69, 9.17) is 10.5 Å². The number of hydrogen-bond acceptors (Lipinski definition) is 4. The van der Waals surface area contributed by atoms with Crippen LogP contribution in [-0.4, -0.2) is 22.4 Å². The van der Waals surface area contributed by atoms with Gasteiger partial charge in [-0.05, 0) is 18.6 Å². The number of aromatic hydroxyl groups is 1. The summed E-state index contributed by atoms with van der Waals surface area (Å²) in [6.45, 7) is 1.81. The molecule has 5 heteroatoms. The Labute approximate surface area is 92.9 Å². The number of aryl methyl sites for hydroxylation is 1. The molecule has 0 fully saturated rings. The van der Waals surface area contributed by atoms with Crippen molar-refractivity contribution in [2.45, 2.75) is 6.92 Å². The molecular weight excluding hydrogens is 206 g/mol. The van der Waals surface area contributed by atoms with Crippen LogP contribution in [-0.2, 0) is 0 Å². The summed E-state index contributed by atoms with van der Waals surface area (Å²) >= 11 is 0. The van der Waals surface area contributed by atoms with Crippen LogP contribution in [0, 0.1) is 6.92 Å². The van der Waals surface area contributed by atoms with Gasteiger partial charge in [0, 0.05) is 0 Å². The molecule has 0 atom stereocenters. The third-order valence-electron chi connectivity index (χ3n) is 2.50. The Kier molecular flexibility index (Phi) is 2.44. The molecule has 0 saturated carbocycles. The Balaban J connectivity index is 2.72. The van der Waals surface area contributed by atoms with Crippen molar-refractivity contribution in [1.29, 1.82) is 0 Å². The smallest absolute Gasteiger partial charge is 0.130 e. The molecule has 0 amide bonds. The first-order valence-electron chi connectivity index (χ1n) is 4.81. The molecule has 1 aromatic carbocycles. The fourth-order valence-corrected chi connectivity index (χ4v) is 1.60. The van der Waals surface area contributed by atoms with Gasteiger partial charge in [-0.3, -0.25) is 5.10 Å². The number of hydrogen-bond donors (Lipinski definition) is 3. The molecule has 0 spiro atoms. The average molecular weight is 219 g/mol. The SMILES string of the molecule is COc1ccc(C)c(O)c1-c1cn[nH]c1N. The van der Waals surface area contributed by atoms with Gasteiger partial charge in [-0.1, -0.05) is 6.07 Å². The molecule has 2 rings (SSSR count). The maximum absolute atomic E-state index is 10.0. The van der Waals surface area contributed by atoms with Crippen LogP contribution in [0.2, 0.25) is 0 Å². The normalized spacial score (nSPS) is 10.4. The van der Waals surface area contributed by atoms with Crippen molar-refractivity contribution in [3.8, 4) is 22.6 Å². The van der Waals surface area contributed by atoms with E-state index in [1.807, 2.05) is 6.92 Å². The van der Waals surface area contributed by atoms with Crippen molar-refractivity contribution < 1.29 is 9.84 Å². The Morgan fingerprint density at radius 2 is 2.19 bits per heavy atom. The molecule has 0 aliphatic rings. The van der Waals surface area contributed by atoms with Crippen molar-refractivity contribution in [2.75, 3.05) is 12.8 Å². The third-order valence-corrected chi connectivity index (χ3v) is 2.50. The van der Waals surface area contributed by atoms with E-state index in [-0.39, 0.29) is 5.75 Å². The molecule has 2 aromatic rings. The lowest BCUT2D eigenvalue weighted by Crippen LogP contribution is -1.93. The number of methoxy groups -OCH3 is 1. The van der Waals surface area contributed by atoms with Gasteiger partial charge >= 0.3 is 0 Å².